The molecule has 0 radical (unpaired) electrons. The lowest BCUT2D eigenvalue weighted by Gasteiger charge is -2.27. The molecule has 2 N–H and O–H groups in total. The smallest absolute Gasteiger partial charge is 0.229 e. The van der Waals surface area contributed by atoms with Crippen molar-refractivity contribution in [2.24, 2.45) is 0 Å². The topological polar surface area (TPSA) is 87.5 Å². The standard InChI is InChI=1S/C27H25ClN4O3S2/c1-16-15-18(10-11-21(16)31-37(3,33)34)32-26(25(30-27(32)36)22-9-4-5-14-29-22)24-13-12-23(35-24)19-7-6-8-20(28)17(19)2/h4-15,25-26,31H,1-3H3,(H,30,36)/t25-,26-/m0/s1. The molecule has 1 aliphatic heterocycles. The van der Waals surface area contributed by atoms with Crippen LogP contribution in [-0.4, -0.2) is 24.8 Å². The molecule has 1 fully saturated rings. The van der Waals surface area contributed by atoms with Crippen LogP contribution >= 0.6 is 23.8 Å². The van der Waals surface area contributed by atoms with Crippen LogP contribution < -0.4 is 14.9 Å². The number of sulfonamides is 1. The molecule has 7 nitrogen and oxygen atoms in total. The zero-order valence-electron chi connectivity index (χ0n) is 20.4. The maximum absolute atomic E-state index is 11.8. The molecule has 0 spiro atoms. The van der Waals surface area contributed by atoms with Gasteiger partial charge >= 0.3 is 0 Å². The third kappa shape index (κ3) is 5.07. The number of hydrogen-bond donors (Lipinski definition) is 2. The summed E-state index contributed by atoms with van der Waals surface area (Å²) in [7, 11) is -3.41. The molecule has 2 aromatic heterocycles. The van der Waals surface area contributed by atoms with E-state index >= 15 is 0 Å². The SMILES string of the molecule is Cc1cc(N2C(=S)N[C@@H](c3ccccn3)[C@@H]2c2ccc(-c3cccc(Cl)c3C)o2)ccc1NS(C)(=O)=O. The average molecular weight is 553 g/mol. The number of hydrogen-bond acceptors (Lipinski definition) is 5. The minimum Gasteiger partial charge on any atom is -0.459 e. The number of thiocarbonyl (C=S) groups is 1. The first-order chi connectivity index (χ1) is 17.6. The van der Waals surface area contributed by atoms with Crippen LogP contribution in [0.2, 0.25) is 5.02 Å². The van der Waals surface area contributed by atoms with Crippen molar-refractivity contribution in [1.29, 1.82) is 0 Å². The van der Waals surface area contributed by atoms with Crippen molar-refractivity contribution in [3.05, 3.63) is 101 Å². The summed E-state index contributed by atoms with van der Waals surface area (Å²) in [6.07, 6.45) is 2.88. The molecule has 1 saturated heterocycles. The highest BCUT2D eigenvalue weighted by Crippen LogP contribution is 2.44. The Morgan fingerprint density at radius 2 is 1.89 bits per heavy atom. The monoisotopic (exact) mass is 552 g/mol. The van der Waals surface area contributed by atoms with Crippen LogP contribution in [0.4, 0.5) is 11.4 Å². The molecule has 190 valence electrons. The van der Waals surface area contributed by atoms with Gasteiger partial charge in [-0.05, 0) is 85.7 Å². The van der Waals surface area contributed by atoms with Gasteiger partial charge in [-0.25, -0.2) is 8.42 Å². The zero-order chi connectivity index (χ0) is 26.3. The molecule has 2 atom stereocenters. The van der Waals surface area contributed by atoms with E-state index in [-0.39, 0.29) is 12.1 Å². The Balaban J connectivity index is 1.59. The van der Waals surface area contributed by atoms with Crippen LogP contribution in [-0.2, 0) is 10.0 Å². The van der Waals surface area contributed by atoms with Crippen molar-refractivity contribution in [3.63, 3.8) is 0 Å². The van der Waals surface area contributed by atoms with Gasteiger partial charge in [-0.3, -0.25) is 9.71 Å². The Kier molecular flexibility index (Phi) is 6.70. The van der Waals surface area contributed by atoms with Crippen molar-refractivity contribution in [2.45, 2.75) is 25.9 Å². The van der Waals surface area contributed by atoms with E-state index in [1.54, 1.807) is 12.3 Å². The summed E-state index contributed by atoms with van der Waals surface area (Å²) >= 11 is 12.2. The predicted octanol–water partition coefficient (Wildman–Crippen LogP) is 6.16. The Morgan fingerprint density at radius 1 is 1.08 bits per heavy atom. The van der Waals surface area contributed by atoms with Gasteiger partial charge in [0, 0.05) is 22.5 Å². The van der Waals surface area contributed by atoms with E-state index in [0.717, 1.165) is 34.3 Å². The lowest BCUT2D eigenvalue weighted by molar-refractivity contribution is 0.439. The minimum atomic E-state index is -3.41. The Bertz CT molecular complexity index is 1590. The lowest BCUT2D eigenvalue weighted by Crippen LogP contribution is -2.29. The average Bonchev–Trinajstić information content (AvgIpc) is 3.46. The van der Waals surface area contributed by atoms with Crippen LogP contribution in [0, 0.1) is 13.8 Å². The number of nitrogens with zero attached hydrogens (tertiary/aromatic N) is 2. The second-order valence-electron chi connectivity index (χ2n) is 8.98. The fourth-order valence-electron chi connectivity index (χ4n) is 4.56. The largest absolute Gasteiger partial charge is 0.459 e. The number of nitrogens with one attached hydrogen (secondary N) is 2. The van der Waals surface area contributed by atoms with Gasteiger partial charge in [0.25, 0.3) is 0 Å². The highest BCUT2D eigenvalue weighted by Gasteiger charge is 2.42. The summed E-state index contributed by atoms with van der Waals surface area (Å²) in [5, 5.41) is 4.60. The van der Waals surface area contributed by atoms with Crippen molar-refractivity contribution < 1.29 is 12.8 Å². The van der Waals surface area contributed by atoms with E-state index in [4.69, 9.17) is 28.2 Å². The van der Waals surface area contributed by atoms with Crippen molar-refractivity contribution in [1.82, 2.24) is 10.3 Å². The lowest BCUT2D eigenvalue weighted by atomic mass is 10.0. The Morgan fingerprint density at radius 3 is 2.59 bits per heavy atom. The number of anilines is 2. The quantitative estimate of drug-likeness (QED) is 0.277. The van der Waals surface area contributed by atoms with Gasteiger partial charge in [-0.1, -0.05) is 29.8 Å². The molecule has 37 heavy (non-hydrogen) atoms. The van der Waals surface area contributed by atoms with Gasteiger partial charge in [0.05, 0.1) is 23.7 Å². The molecule has 3 heterocycles. The van der Waals surface area contributed by atoms with Gasteiger partial charge in [-0.2, -0.15) is 0 Å². The van der Waals surface area contributed by atoms with Gasteiger partial charge in [0.1, 0.15) is 17.6 Å². The molecule has 0 amide bonds. The van der Waals surface area contributed by atoms with E-state index in [1.165, 1.54) is 0 Å². The normalized spacial score (nSPS) is 17.6. The Labute approximate surface area is 226 Å². The van der Waals surface area contributed by atoms with Gasteiger partial charge in [-0.15, -0.1) is 0 Å². The van der Waals surface area contributed by atoms with Crippen molar-refractivity contribution in [2.75, 3.05) is 15.9 Å². The summed E-state index contributed by atoms with van der Waals surface area (Å²) in [6.45, 7) is 3.81. The van der Waals surface area contributed by atoms with E-state index in [0.29, 0.717) is 27.3 Å². The van der Waals surface area contributed by atoms with Crippen molar-refractivity contribution in [3.8, 4) is 11.3 Å². The van der Waals surface area contributed by atoms with Gasteiger partial charge in [0.15, 0.2) is 5.11 Å². The molecule has 5 rings (SSSR count). The number of halogens is 1. The number of benzene rings is 2. The summed E-state index contributed by atoms with van der Waals surface area (Å²) < 4.78 is 32.5. The van der Waals surface area contributed by atoms with E-state index in [9.17, 15) is 8.42 Å². The molecule has 1 aliphatic rings. The van der Waals surface area contributed by atoms with E-state index in [2.05, 4.69) is 15.0 Å². The van der Waals surface area contributed by atoms with Crippen LogP contribution in [0.1, 0.15) is 34.7 Å². The molecule has 10 heteroatoms. The highest BCUT2D eigenvalue weighted by atomic mass is 35.5. The third-order valence-electron chi connectivity index (χ3n) is 6.33. The first-order valence-corrected chi connectivity index (χ1v) is 14.2. The second kappa shape index (κ2) is 9.81. The molecule has 0 bridgehead atoms. The summed E-state index contributed by atoms with van der Waals surface area (Å²) in [5.74, 6) is 1.41. The molecular formula is C27H25ClN4O3S2. The first-order valence-electron chi connectivity index (χ1n) is 11.6. The zero-order valence-corrected chi connectivity index (χ0v) is 22.8. The van der Waals surface area contributed by atoms with Gasteiger partial charge < -0.3 is 14.6 Å². The van der Waals surface area contributed by atoms with Crippen molar-refractivity contribution >= 4 is 50.3 Å². The number of rotatable bonds is 6. The highest BCUT2D eigenvalue weighted by molar-refractivity contribution is 7.92. The van der Waals surface area contributed by atoms with Crippen LogP contribution in [0.3, 0.4) is 0 Å². The summed E-state index contributed by atoms with van der Waals surface area (Å²) in [4.78, 5) is 6.56. The van der Waals surface area contributed by atoms with Crippen LogP contribution in [0.15, 0.2) is 77.3 Å². The summed E-state index contributed by atoms with van der Waals surface area (Å²) in [6, 6.07) is 20.2. The second-order valence-corrected chi connectivity index (χ2v) is 11.5. The van der Waals surface area contributed by atoms with E-state index < -0.39 is 10.0 Å². The molecule has 0 saturated carbocycles. The molecule has 4 aromatic rings. The number of aryl methyl sites for hydroxylation is 1. The number of aromatic nitrogens is 1. The number of pyridine rings is 1. The predicted molar refractivity (Wildman–Crippen MR) is 151 cm³/mol. The Hall–Kier alpha value is -3.40. The fraction of sp³-hybridized carbons (Fsp3) is 0.185. The number of furan rings is 1. The van der Waals surface area contributed by atoms with Gasteiger partial charge in [0.2, 0.25) is 10.0 Å². The fourth-order valence-corrected chi connectivity index (χ4v) is 5.71. The molecule has 2 aromatic carbocycles. The maximum atomic E-state index is 11.8. The van der Waals surface area contributed by atoms with Crippen LogP contribution in [0.5, 0.6) is 0 Å². The minimum absolute atomic E-state index is 0.276. The molecule has 0 aliphatic carbocycles. The third-order valence-corrected chi connectivity index (χ3v) is 7.65. The first kappa shape index (κ1) is 25.3. The maximum Gasteiger partial charge on any atom is 0.229 e. The van der Waals surface area contributed by atoms with E-state index in [1.807, 2.05) is 79.4 Å². The molecule has 0 unspecified atom stereocenters. The summed E-state index contributed by atoms with van der Waals surface area (Å²) in [5.41, 5.74) is 4.75. The molecular weight excluding hydrogens is 528 g/mol. The van der Waals surface area contributed by atoms with Crippen LogP contribution in [0.25, 0.3) is 11.3 Å².